The highest BCUT2D eigenvalue weighted by molar-refractivity contribution is 5.99. The molecule has 0 aromatic heterocycles. The fraction of sp³-hybridized carbons (Fsp3) is 0.667. The molecule has 0 bridgehead atoms. The summed E-state index contributed by atoms with van der Waals surface area (Å²) in [6, 6.07) is 4.67. The normalized spacial score (nSPS) is 10.9. The molecule has 1 aromatic carbocycles. The highest BCUT2D eigenvalue weighted by atomic mass is 16.3. The molecule has 1 aromatic rings. The number of ketones is 1. The molecule has 1 rings (SSSR count). The summed E-state index contributed by atoms with van der Waals surface area (Å²) in [4.78, 5) is 12.1. The van der Waals surface area contributed by atoms with Crippen molar-refractivity contribution < 1.29 is 9.90 Å². The van der Waals surface area contributed by atoms with Gasteiger partial charge in [-0.1, -0.05) is 77.6 Å². The van der Waals surface area contributed by atoms with E-state index >= 15 is 0 Å². The van der Waals surface area contributed by atoms with Crippen LogP contribution in [0.15, 0.2) is 18.2 Å². The molecule has 0 atom stereocenters. The number of hydrogen-bond donors (Lipinski definition) is 2. The van der Waals surface area contributed by atoms with E-state index in [4.69, 9.17) is 5.73 Å². The number of Topliss-reactive ketones (excluding diaryl/α,β-unsaturated/α-hetero) is 1. The van der Waals surface area contributed by atoms with E-state index in [0.717, 1.165) is 12.8 Å². The summed E-state index contributed by atoms with van der Waals surface area (Å²) < 4.78 is 0. The van der Waals surface area contributed by atoms with Crippen LogP contribution in [0.4, 0.5) is 5.69 Å². The lowest BCUT2D eigenvalue weighted by Gasteiger charge is -2.05. The quantitative estimate of drug-likeness (QED) is 0.183. The summed E-state index contributed by atoms with van der Waals surface area (Å²) in [5.41, 5.74) is 6.55. The van der Waals surface area contributed by atoms with Gasteiger partial charge in [-0.15, -0.1) is 0 Å². The molecule has 0 unspecified atom stereocenters. The van der Waals surface area contributed by atoms with Crippen LogP contribution in [0.25, 0.3) is 0 Å². The van der Waals surface area contributed by atoms with Gasteiger partial charge in [0.05, 0.1) is 5.56 Å². The molecule has 0 aliphatic heterocycles. The minimum absolute atomic E-state index is 0.00752. The van der Waals surface area contributed by atoms with Gasteiger partial charge in [-0.05, 0) is 24.6 Å². The highest BCUT2D eigenvalue weighted by Gasteiger charge is 2.10. The Kier molecular flexibility index (Phi) is 11.0. The number of nitrogens with two attached hydrogens (primary N) is 1. The molecule has 0 spiro atoms. The number of carbonyl (C=O) groups is 1. The number of carbonyl (C=O) groups excluding carboxylic acids is 1. The van der Waals surface area contributed by atoms with Crippen molar-refractivity contribution in [2.75, 3.05) is 5.73 Å². The van der Waals surface area contributed by atoms with Crippen molar-refractivity contribution in [2.45, 2.75) is 90.4 Å². The van der Waals surface area contributed by atoms with E-state index in [-0.39, 0.29) is 11.5 Å². The van der Waals surface area contributed by atoms with E-state index in [1.54, 1.807) is 12.1 Å². The van der Waals surface area contributed by atoms with E-state index in [9.17, 15) is 9.90 Å². The third-order valence-electron chi connectivity index (χ3n) is 4.58. The predicted molar refractivity (Wildman–Crippen MR) is 103 cm³/mol. The summed E-state index contributed by atoms with van der Waals surface area (Å²) >= 11 is 0. The van der Waals surface area contributed by atoms with Crippen molar-refractivity contribution in [3.8, 4) is 5.75 Å². The summed E-state index contributed by atoms with van der Waals surface area (Å²) in [7, 11) is 0. The van der Waals surface area contributed by atoms with E-state index in [0.29, 0.717) is 17.7 Å². The van der Waals surface area contributed by atoms with E-state index in [2.05, 4.69) is 6.92 Å². The minimum Gasteiger partial charge on any atom is -0.507 e. The first-order valence-electron chi connectivity index (χ1n) is 9.77. The van der Waals surface area contributed by atoms with Crippen LogP contribution in [0, 0.1) is 0 Å². The van der Waals surface area contributed by atoms with Crippen LogP contribution in [-0.4, -0.2) is 10.9 Å². The molecule has 3 heteroatoms. The van der Waals surface area contributed by atoms with Crippen molar-refractivity contribution >= 4 is 11.5 Å². The maximum Gasteiger partial charge on any atom is 0.166 e. The minimum atomic E-state index is -0.00752. The van der Waals surface area contributed by atoms with Crippen molar-refractivity contribution in [1.82, 2.24) is 0 Å². The summed E-state index contributed by atoms with van der Waals surface area (Å²) in [6.07, 6.45) is 15.9. The average Bonchev–Trinajstić information content (AvgIpc) is 2.57. The zero-order chi connectivity index (χ0) is 17.6. The number of phenols is 1. The van der Waals surface area contributed by atoms with Crippen LogP contribution in [0.2, 0.25) is 0 Å². The van der Waals surface area contributed by atoms with Crippen molar-refractivity contribution in [1.29, 1.82) is 0 Å². The van der Waals surface area contributed by atoms with Gasteiger partial charge < -0.3 is 10.8 Å². The molecule has 0 aliphatic carbocycles. The van der Waals surface area contributed by atoms with Gasteiger partial charge in [-0.25, -0.2) is 0 Å². The summed E-state index contributed by atoms with van der Waals surface area (Å²) in [5, 5.41) is 9.72. The summed E-state index contributed by atoms with van der Waals surface area (Å²) in [6.45, 7) is 2.26. The predicted octanol–water partition coefficient (Wildman–Crippen LogP) is 6.25. The fourth-order valence-corrected chi connectivity index (χ4v) is 3.04. The Labute approximate surface area is 147 Å². The molecule has 0 heterocycles. The average molecular weight is 334 g/mol. The number of anilines is 1. The van der Waals surface area contributed by atoms with Gasteiger partial charge in [0.1, 0.15) is 5.75 Å². The van der Waals surface area contributed by atoms with Crippen LogP contribution in [-0.2, 0) is 0 Å². The van der Waals surface area contributed by atoms with Crippen molar-refractivity contribution in [3.63, 3.8) is 0 Å². The second-order valence-corrected chi connectivity index (χ2v) is 6.84. The Morgan fingerprint density at radius 3 is 1.92 bits per heavy atom. The van der Waals surface area contributed by atoms with Gasteiger partial charge in [0.25, 0.3) is 0 Å². The number of phenolic OH excluding ortho intramolecular Hbond substituents is 1. The molecule has 0 fully saturated rings. The van der Waals surface area contributed by atoms with Gasteiger partial charge >= 0.3 is 0 Å². The fourth-order valence-electron chi connectivity index (χ4n) is 3.04. The second-order valence-electron chi connectivity index (χ2n) is 6.84. The monoisotopic (exact) mass is 333 g/mol. The number of unbranched alkanes of at least 4 members (excludes halogenated alkanes) is 11. The lowest BCUT2D eigenvalue weighted by molar-refractivity contribution is 0.0976. The zero-order valence-corrected chi connectivity index (χ0v) is 15.4. The topological polar surface area (TPSA) is 63.3 Å². The van der Waals surface area contributed by atoms with Crippen molar-refractivity contribution in [2.24, 2.45) is 0 Å². The summed E-state index contributed by atoms with van der Waals surface area (Å²) in [5.74, 6) is 0.0278. The van der Waals surface area contributed by atoms with E-state index in [1.165, 1.54) is 70.3 Å². The first-order valence-corrected chi connectivity index (χ1v) is 9.77. The smallest absolute Gasteiger partial charge is 0.166 e. The van der Waals surface area contributed by atoms with Crippen molar-refractivity contribution in [3.05, 3.63) is 23.8 Å². The molecule has 3 nitrogen and oxygen atoms in total. The molecular formula is C21H35NO2. The van der Waals surface area contributed by atoms with Gasteiger partial charge in [0, 0.05) is 12.1 Å². The molecule has 3 N–H and O–H groups in total. The number of aromatic hydroxyl groups is 1. The molecule has 24 heavy (non-hydrogen) atoms. The number of nitrogen functional groups attached to an aromatic ring is 1. The van der Waals surface area contributed by atoms with Gasteiger partial charge in [-0.2, -0.15) is 0 Å². The Morgan fingerprint density at radius 1 is 0.875 bits per heavy atom. The van der Waals surface area contributed by atoms with Crippen LogP contribution >= 0.6 is 0 Å². The highest BCUT2D eigenvalue weighted by Crippen LogP contribution is 2.22. The largest absolute Gasteiger partial charge is 0.507 e. The maximum absolute atomic E-state index is 12.1. The molecule has 0 aliphatic rings. The first kappa shape index (κ1) is 20.5. The molecule has 0 saturated carbocycles. The number of hydrogen-bond acceptors (Lipinski definition) is 3. The Hall–Kier alpha value is -1.51. The second kappa shape index (κ2) is 12.9. The van der Waals surface area contributed by atoms with Crippen LogP contribution in [0.3, 0.4) is 0 Å². The van der Waals surface area contributed by atoms with Crippen LogP contribution in [0.1, 0.15) is 101 Å². The first-order chi connectivity index (χ1) is 11.6. The third kappa shape index (κ3) is 8.95. The Balaban J connectivity index is 1.98. The SMILES string of the molecule is CCCCCCCCCCCCCCC(=O)c1cc(N)ccc1O. The standard InChI is InChI=1S/C21H35NO2/c1-2-3-4-5-6-7-8-9-10-11-12-13-14-20(23)19-17-18(22)15-16-21(19)24/h15-17,24H,2-14,22H2,1H3. The molecule has 136 valence electrons. The number of benzene rings is 1. The van der Waals surface area contributed by atoms with Gasteiger partial charge in [0.2, 0.25) is 0 Å². The molecule has 0 amide bonds. The van der Waals surface area contributed by atoms with Gasteiger partial charge in [-0.3, -0.25) is 4.79 Å². The maximum atomic E-state index is 12.1. The Morgan fingerprint density at radius 2 is 1.38 bits per heavy atom. The number of rotatable bonds is 14. The molecule has 0 saturated heterocycles. The lowest BCUT2D eigenvalue weighted by Crippen LogP contribution is -2.00. The third-order valence-corrected chi connectivity index (χ3v) is 4.58. The van der Waals surface area contributed by atoms with E-state index < -0.39 is 0 Å². The lowest BCUT2D eigenvalue weighted by atomic mass is 10.0. The molecule has 0 radical (unpaired) electrons. The van der Waals surface area contributed by atoms with E-state index in [1.807, 2.05) is 0 Å². The van der Waals surface area contributed by atoms with Gasteiger partial charge in [0.15, 0.2) is 5.78 Å². The zero-order valence-electron chi connectivity index (χ0n) is 15.4. The Bertz CT molecular complexity index is 471. The van der Waals surface area contributed by atoms with Crippen LogP contribution in [0.5, 0.6) is 5.75 Å². The molecular weight excluding hydrogens is 298 g/mol. The van der Waals surface area contributed by atoms with Crippen LogP contribution < -0.4 is 5.73 Å².